The lowest BCUT2D eigenvalue weighted by atomic mass is 10.2. The summed E-state index contributed by atoms with van der Waals surface area (Å²) in [7, 11) is 0. The van der Waals surface area contributed by atoms with Crippen molar-refractivity contribution in [1.82, 2.24) is 9.97 Å². The van der Waals surface area contributed by atoms with Gasteiger partial charge in [0.25, 0.3) is 0 Å². The number of rotatable bonds is 6. The standard InChI is InChI=1S/C13H17BrN4O2/c14-8-6-10-11(18-13(20)17-10)7-9(8)16-12(19)4-2-1-3-5-15/h6-7H,1-5,15H2,(H,16,19)(H2,17,18,20). The van der Waals surface area contributed by atoms with Gasteiger partial charge in [0, 0.05) is 10.9 Å². The van der Waals surface area contributed by atoms with E-state index in [0.717, 1.165) is 23.7 Å². The highest BCUT2D eigenvalue weighted by Crippen LogP contribution is 2.26. The van der Waals surface area contributed by atoms with Gasteiger partial charge in [0.05, 0.1) is 16.7 Å². The quantitative estimate of drug-likeness (QED) is 0.605. The second-order valence-electron chi connectivity index (χ2n) is 4.60. The Morgan fingerprint density at radius 1 is 1.20 bits per heavy atom. The lowest BCUT2D eigenvalue weighted by Crippen LogP contribution is -2.11. The number of hydrogen-bond donors (Lipinski definition) is 4. The van der Waals surface area contributed by atoms with Crippen LogP contribution in [-0.2, 0) is 4.79 Å². The molecule has 0 aliphatic carbocycles. The number of aromatic amines is 2. The van der Waals surface area contributed by atoms with E-state index in [1.54, 1.807) is 12.1 Å². The van der Waals surface area contributed by atoms with Gasteiger partial charge in [0.1, 0.15) is 0 Å². The highest BCUT2D eigenvalue weighted by atomic mass is 79.9. The zero-order chi connectivity index (χ0) is 14.5. The number of nitrogens with two attached hydrogens (primary N) is 1. The minimum atomic E-state index is -0.267. The summed E-state index contributed by atoms with van der Waals surface area (Å²) in [6.07, 6.45) is 3.18. The number of anilines is 1. The van der Waals surface area contributed by atoms with Gasteiger partial charge in [-0.3, -0.25) is 4.79 Å². The van der Waals surface area contributed by atoms with Crippen molar-refractivity contribution < 1.29 is 4.79 Å². The molecule has 0 saturated heterocycles. The molecule has 0 spiro atoms. The molecule has 0 bridgehead atoms. The van der Waals surface area contributed by atoms with Crippen LogP contribution in [0.4, 0.5) is 5.69 Å². The number of carbonyl (C=O) groups excluding carboxylic acids is 1. The molecule has 2 rings (SSSR count). The molecular formula is C13H17BrN4O2. The SMILES string of the molecule is NCCCCCC(=O)Nc1cc2[nH]c(=O)[nH]c2cc1Br. The molecule has 108 valence electrons. The minimum Gasteiger partial charge on any atom is -0.330 e. The number of H-pyrrole nitrogens is 2. The number of nitrogens with one attached hydrogen (secondary N) is 3. The van der Waals surface area contributed by atoms with Gasteiger partial charge in [0.2, 0.25) is 5.91 Å². The Kier molecular flexibility index (Phi) is 4.97. The van der Waals surface area contributed by atoms with Crippen LogP contribution in [0.15, 0.2) is 21.4 Å². The number of carbonyl (C=O) groups is 1. The van der Waals surface area contributed by atoms with Crippen LogP contribution < -0.4 is 16.7 Å². The summed E-state index contributed by atoms with van der Waals surface area (Å²) in [5.74, 6) is -0.0417. The molecule has 2 aromatic rings. The number of amides is 1. The van der Waals surface area contributed by atoms with Crippen LogP contribution in [0.1, 0.15) is 25.7 Å². The first-order valence-corrected chi connectivity index (χ1v) is 7.31. The summed E-state index contributed by atoms with van der Waals surface area (Å²) in [6.45, 7) is 0.657. The van der Waals surface area contributed by atoms with Crippen molar-refractivity contribution in [2.24, 2.45) is 5.73 Å². The van der Waals surface area contributed by atoms with E-state index in [2.05, 4.69) is 31.2 Å². The van der Waals surface area contributed by atoms with Gasteiger partial charge in [0.15, 0.2) is 0 Å². The van der Waals surface area contributed by atoms with Crippen molar-refractivity contribution in [1.29, 1.82) is 0 Å². The average molecular weight is 341 g/mol. The Hall–Kier alpha value is -1.60. The number of hydrogen-bond acceptors (Lipinski definition) is 3. The van der Waals surface area contributed by atoms with Gasteiger partial charge in [-0.25, -0.2) is 4.79 Å². The first-order chi connectivity index (χ1) is 9.60. The number of imidazole rings is 1. The molecule has 0 aliphatic rings. The summed E-state index contributed by atoms with van der Waals surface area (Å²) >= 11 is 3.38. The molecule has 1 amide bonds. The van der Waals surface area contributed by atoms with Crippen molar-refractivity contribution >= 4 is 38.6 Å². The van der Waals surface area contributed by atoms with Crippen molar-refractivity contribution in [3.63, 3.8) is 0 Å². The van der Waals surface area contributed by atoms with E-state index in [-0.39, 0.29) is 11.6 Å². The molecular weight excluding hydrogens is 324 g/mol. The lowest BCUT2D eigenvalue weighted by Gasteiger charge is -2.07. The number of aromatic nitrogens is 2. The van der Waals surface area contributed by atoms with E-state index in [9.17, 15) is 9.59 Å². The Bertz CT molecular complexity index is 662. The van der Waals surface area contributed by atoms with Crippen LogP contribution >= 0.6 is 15.9 Å². The maximum Gasteiger partial charge on any atom is 0.323 e. The largest absolute Gasteiger partial charge is 0.330 e. The van der Waals surface area contributed by atoms with E-state index in [1.807, 2.05) is 0 Å². The van der Waals surface area contributed by atoms with Gasteiger partial charge in [-0.1, -0.05) is 6.42 Å². The highest BCUT2D eigenvalue weighted by Gasteiger charge is 2.08. The molecule has 0 atom stereocenters. The van der Waals surface area contributed by atoms with Gasteiger partial charge in [-0.15, -0.1) is 0 Å². The van der Waals surface area contributed by atoms with Gasteiger partial charge >= 0.3 is 5.69 Å². The van der Waals surface area contributed by atoms with Crippen LogP contribution in [0.3, 0.4) is 0 Å². The third-order valence-electron chi connectivity index (χ3n) is 2.99. The molecule has 7 heteroatoms. The van der Waals surface area contributed by atoms with Crippen molar-refractivity contribution in [2.45, 2.75) is 25.7 Å². The van der Waals surface area contributed by atoms with E-state index in [1.165, 1.54) is 0 Å². The van der Waals surface area contributed by atoms with Crippen LogP contribution in [0, 0.1) is 0 Å². The zero-order valence-electron chi connectivity index (χ0n) is 11.0. The molecule has 20 heavy (non-hydrogen) atoms. The second-order valence-corrected chi connectivity index (χ2v) is 5.46. The van der Waals surface area contributed by atoms with Crippen LogP contribution in [0.2, 0.25) is 0 Å². The van der Waals surface area contributed by atoms with Crippen LogP contribution in [0.5, 0.6) is 0 Å². The summed E-state index contributed by atoms with van der Waals surface area (Å²) < 4.78 is 0.732. The highest BCUT2D eigenvalue weighted by molar-refractivity contribution is 9.10. The predicted molar refractivity (Wildman–Crippen MR) is 82.8 cm³/mol. The maximum absolute atomic E-state index is 11.8. The predicted octanol–water partition coefficient (Wildman–Crippen LogP) is 2.08. The molecule has 1 aromatic carbocycles. The zero-order valence-corrected chi connectivity index (χ0v) is 12.5. The fourth-order valence-corrected chi connectivity index (χ4v) is 2.41. The molecule has 6 nitrogen and oxygen atoms in total. The average Bonchev–Trinajstić information content (AvgIpc) is 2.74. The first kappa shape index (κ1) is 14.8. The smallest absolute Gasteiger partial charge is 0.323 e. The summed E-state index contributed by atoms with van der Waals surface area (Å²) in [4.78, 5) is 28.4. The van der Waals surface area contributed by atoms with E-state index in [4.69, 9.17) is 5.73 Å². The monoisotopic (exact) mass is 340 g/mol. The normalized spacial score (nSPS) is 10.9. The Labute approximate surface area is 124 Å². The van der Waals surface area contributed by atoms with Gasteiger partial charge in [-0.2, -0.15) is 0 Å². The van der Waals surface area contributed by atoms with Gasteiger partial charge < -0.3 is 21.0 Å². The van der Waals surface area contributed by atoms with Crippen LogP contribution in [-0.4, -0.2) is 22.4 Å². The Morgan fingerprint density at radius 2 is 1.90 bits per heavy atom. The molecule has 0 aliphatic heterocycles. The fourth-order valence-electron chi connectivity index (χ4n) is 1.97. The topological polar surface area (TPSA) is 104 Å². The molecule has 0 radical (unpaired) electrons. The number of unbranched alkanes of at least 4 members (excludes halogenated alkanes) is 2. The molecule has 5 N–H and O–H groups in total. The minimum absolute atomic E-state index is 0.0417. The van der Waals surface area contributed by atoms with Crippen LogP contribution in [0.25, 0.3) is 11.0 Å². The second kappa shape index (κ2) is 6.71. The number of benzene rings is 1. The fraction of sp³-hybridized carbons (Fsp3) is 0.385. The van der Waals surface area contributed by atoms with E-state index >= 15 is 0 Å². The lowest BCUT2D eigenvalue weighted by molar-refractivity contribution is -0.116. The summed E-state index contributed by atoms with van der Waals surface area (Å²) in [5, 5.41) is 2.84. The third-order valence-corrected chi connectivity index (χ3v) is 3.64. The van der Waals surface area contributed by atoms with E-state index in [0.29, 0.717) is 29.7 Å². The molecule has 1 aromatic heterocycles. The van der Waals surface area contributed by atoms with Gasteiger partial charge in [-0.05, 0) is 47.4 Å². The van der Waals surface area contributed by atoms with Crippen molar-refractivity contribution in [2.75, 3.05) is 11.9 Å². The van der Waals surface area contributed by atoms with Crippen molar-refractivity contribution in [3.8, 4) is 0 Å². The van der Waals surface area contributed by atoms with Crippen molar-refractivity contribution in [3.05, 3.63) is 27.1 Å². The summed E-state index contributed by atoms with van der Waals surface area (Å²) in [5.41, 5.74) is 7.15. The number of halogens is 1. The summed E-state index contributed by atoms with van der Waals surface area (Å²) in [6, 6.07) is 3.49. The van der Waals surface area contributed by atoms with E-state index < -0.39 is 0 Å². The Balaban J connectivity index is 2.03. The molecule has 1 heterocycles. The third kappa shape index (κ3) is 3.71. The molecule has 0 unspecified atom stereocenters. The Morgan fingerprint density at radius 3 is 2.60 bits per heavy atom. The number of fused-ring (bicyclic) bond motifs is 1. The molecule has 0 saturated carbocycles. The first-order valence-electron chi connectivity index (χ1n) is 6.51. The molecule has 0 fully saturated rings. The maximum atomic E-state index is 11.8.